The first-order valence-corrected chi connectivity index (χ1v) is 12.0. The second-order valence-corrected chi connectivity index (χ2v) is 7.91. The van der Waals surface area contributed by atoms with Crippen LogP contribution in [0.4, 0.5) is 0 Å². The number of pyridine rings is 1. The van der Waals surface area contributed by atoms with E-state index >= 15 is 0 Å². The van der Waals surface area contributed by atoms with Crippen LogP contribution in [0.5, 0.6) is 11.5 Å². The van der Waals surface area contributed by atoms with Gasteiger partial charge in [-0.1, -0.05) is 86.6 Å². The number of hydrogen-bond donors (Lipinski definition) is 0. The molecule has 2 amide bonds. The highest BCUT2D eigenvalue weighted by Gasteiger charge is 2.35. The first kappa shape index (κ1) is 24.7. The summed E-state index contributed by atoms with van der Waals surface area (Å²) in [5, 5.41) is 0. The highest BCUT2D eigenvalue weighted by atomic mass is 16.5. The van der Waals surface area contributed by atoms with Gasteiger partial charge < -0.3 is 9.47 Å². The Morgan fingerprint density at radius 2 is 1.14 bits per heavy atom. The van der Waals surface area contributed by atoms with E-state index in [1.54, 1.807) is 36.5 Å². The van der Waals surface area contributed by atoms with Crippen molar-refractivity contribution in [2.24, 2.45) is 0 Å². The summed E-state index contributed by atoms with van der Waals surface area (Å²) in [6.45, 7) is 4.76. The smallest absolute Gasteiger partial charge is 0.261 e. The average Bonchev–Trinajstić information content (AvgIpc) is 3.18. The Balaban J connectivity index is 0.00000148. The van der Waals surface area contributed by atoms with Crippen molar-refractivity contribution in [3.63, 3.8) is 0 Å². The van der Waals surface area contributed by atoms with Crippen molar-refractivity contribution < 1.29 is 19.1 Å². The Morgan fingerprint density at radius 3 is 1.67 bits per heavy atom. The van der Waals surface area contributed by atoms with Gasteiger partial charge in [-0.05, 0) is 23.3 Å². The number of benzene rings is 3. The molecule has 1 aliphatic heterocycles. The zero-order valence-electron chi connectivity index (χ0n) is 20.4. The molecule has 182 valence electrons. The topological polar surface area (TPSA) is 68.7 Å². The molecule has 1 aliphatic rings. The van der Waals surface area contributed by atoms with Gasteiger partial charge in [0.2, 0.25) is 0 Å². The number of rotatable bonds is 8. The molecule has 6 nitrogen and oxygen atoms in total. The van der Waals surface area contributed by atoms with Crippen LogP contribution < -0.4 is 9.47 Å². The van der Waals surface area contributed by atoms with Crippen LogP contribution in [0.2, 0.25) is 0 Å². The van der Waals surface area contributed by atoms with Crippen molar-refractivity contribution in [1.29, 1.82) is 0 Å². The first-order valence-electron chi connectivity index (χ1n) is 12.0. The highest BCUT2D eigenvalue weighted by molar-refractivity contribution is 6.21. The Labute approximate surface area is 211 Å². The van der Waals surface area contributed by atoms with Gasteiger partial charge >= 0.3 is 0 Å². The molecule has 36 heavy (non-hydrogen) atoms. The number of ether oxygens (including phenoxy) is 2. The third-order valence-corrected chi connectivity index (χ3v) is 5.56. The van der Waals surface area contributed by atoms with Crippen molar-refractivity contribution >= 4 is 11.8 Å². The molecule has 3 aromatic carbocycles. The molecule has 0 unspecified atom stereocenters. The second kappa shape index (κ2) is 11.8. The maximum atomic E-state index is 12.8. The second-order valence-electron chi connectivity index (χ2n) is 7.91. The fourth-order valence-electron chi connectivity index (χ4n) is 3.79. The van der Waals surface area contributed by atoms with Gasteiger partial charge in [-0.25, -0.2) is 0 Å². The first-order chi connectivity index (χ1) is 17.7. The molecule has 0 saturated heterocycles. The van der Waals surface area contributed by atoms with E-state index in [2.05, 4.69) is 4.98 Å². The molecular formula is C30H28N2O4. The summed E-state index contributed by atoms with van der Waals surface area (Å²) in [7, 11) is 0. The van der Waals surface area contributed by atoms with E-state index in [-0.39, 0.29) is 18.4 Å². The quantitative estimate of drug-likeness (QED) is 0.287. The van der Waals surface area contributed by atoms with Crippen LogP contribution >= 0.6 is 0 Å². The largest absolute Gasteiger partial charge is 0.485 e. The molecule has 0 spiro atoms. The van der Waals surface area contributed by atoms with Gasteiger partial charge in [0.15, 0.2) is 11.5 Å². The van der Waals surface area contributed by atoms with Gasteiger partial charge in [-0.3, -0.25) is 19.5 Å². The van der Waals surface area contributed by atoms with Gasteiger partial charge in [0.05, 0.1) is 29.6 Å². The lowest BCUT2D eigenvalue weighted by atomic mass is 10.1. The minimum atomic E-state index is -0.321. The lowest BCUT2D eigenvalue weighted by Crippen LogP contribution is -2.29. The van der Waals surface area contributed by atoms with Crippen LogP contribution in [-0.4, -0.2) is 21.7 Å². The summed E-state index contributed by atoms with van der Waals surface area (Å²) in [6, 6.07) is 28.2. The predicted molar refractivity (Wildman–Crippen MR) is 138 cm³/mol. The highest BCUT2D eigenvalue weighted by Crippen LogP contribution is 2.30. The number of nitrogens with zero attached hydrogens (tertiary/aromatic N) is 2. The van der Waals surface area contributed by atoms with Gasteiger partial charge in [0, 0.05) is 6.07 Å². The summed E-state index contributed by atoms with van der Waals surface area (Å²) in [4.78, 5) is 31.2. The molecule has 0 bridgehead atoms. The van der Waals surface area contributed by atoms with E-state index in [0.717, 1.165) is 11.1 Å². The fraction of sp³-hybridized carbons (Fsp3) is 0.167. The number of fused-ring (bicyclic) bond motifs is 1. The van der Waals surface area contributed by atoms with Crippen molar-refractivity contribution in [2.45, 2.75) is 33.6 Å². The SMILES string of the molecule is CC.O=C1c2ccccc2C(=O)N1Cc1cc(OCc2ccccc2)c(OCc2ccccc2)cn1. The van der Waals surface area contributed by atoms with Crippen molar-refractivity contribution in [3.05, 3.63) is 125 Å². The monoisotopic (exact) mass is 480 g/mol. The predicted octanol–water partition coefficient (Wildman–Crippen LogP) is 6.06. The molecular weight excluding hydrogens is 452 g/mol. The zero-order valence-corrected chi connectivity index (χ0v) is 20.4. The molecule has 0 N–H and O–H groups in total. The Bertz CT molecular complexity index is 1290. The molecule has 0 aliphatic carbocycles. The van der Waals surface area contributed by atoms with Crippen molar-refractivity contribution in [2.75, 3.05) is 0 Å². The maximum Gasteiger partial charge on any atom is 0.261 e. The van der Waals surface area contributed by atoms with Crippen LogP contribution in [0.3, 0.4) is 0 Å². The van der Waals surface area contributed by atoms with Crippen molar-refractivity contribution in [1.82, 2.24) is 9.88 Å². The van der Waals surface area contributed by atoms with E-state index in [1.165, 1.54) is 4.90 Å². The van der Waals surface area contributed by atoms with E-state index in [4.69, 9.17) is 9.47 Å². The third kappa shape index (κ3) is 5.61. The van der Waals surface area contributed by atoms with Gasteiger partial charge in [0.25, 0.3) is 11.8 Å². The maximum absolute atomic E-state index is 12.8. The zero-order chi connectivity index (χ0) is 25.3. The van der Waals surface area contributed by atoms with Crippen LogP contribution in [0.15, 0.2) is 97.2 Å². The van der Waals surface area contributed by atoms with Gasteiger partial charge in [-0.15, -0.1) is 0 Å². The normalized spacial score (nSPS) is 12.0. The minimum absolute atomic E-state index is 0.0486. The summed E-state index contributed by atoms with van der Waals surface area (Å²) < 4.78 is 12.1. The standard InChI is InChI=1S/C28H22N2O4.C2H6/c31-27-23-13-7-8-14-24(23)28(32)30(27)17-22-15-25(33-18-20-9-3-1-4-10-20)26(16-29-22)34-19-21-11-5-2-6-12-21;1-2/h1-16H,17-19H2;1-2H3. The molecule has 6 heteroatoms. The van der Waals surface area contributed by atoms with E-state index < -0.39 is 0 Å². The third-order valence-electron chi connectivity index (χ3n) is 5.56. The molecule has 0 fully saturated rings. The molecule has 1 aromatic heterocycles. The Hall–Kier alpha value is -4.45. The van der Waals surface area contributed by atoms with Gasteiger partial charge in [-0.2, -0.15) is 0 Å². The number of imide groups is 1. The fourth-order valence-corrected chi connectivity index (χ4v) is 3.79. The number of aromatic nitrogens is 1. The summed E-state index contributed by atoms with van der Waals surface area (Å²) in [5.74, 6) is 0.351. The molecule has 5 rings (SSSR count). The Kier molecular flexibility index (Phi) is 8.08. The van der Waals surface area contributed by atoms with Crippen molar-refractivity contribution in [3.8, 4) is 11.5 Å². The molecule has 0 atom stereocenters. The number of carbonyl (C=O) groups excluding carboxylic acids is 2. The number of amides is 2. The molecule has 4 aromatic rings. The summed E-state index contributed by atoms with van der Waals surface area (Å²) in [5.41, 5.74) is 3.39. The Morgan fingerprint density at radius 1 is 0.667 bits per heavy atom. The minimum Gasteiger partial charge on any atom is -0.485 e. The van der Waals surface area contributed by atoms with E-state index in [0.29, 0.717) is 41.5 Å². The summed E-state index contributed by atoms with van der Waals surface area (Å²) >= 11 is 0. The average molecular weight is 481 g/mol. The van der Waals surface area contributed by atoms with E-state index in [1.807, 2.05) is 74.5 Å². The van der Waals surface area contributed by atoms with Crippen LogP contribution in [-0.2, 0) is 19.8 Å². The van der Waals surface area contributed by atoms with Crippen LogP contribution in [0.25, 0.3) is 0 Å². The molecule has 0 radical (unpaired) electrons. The summed E-state index contributed by atoms with van der Waals surface area (Å²) in [6.07, 6.45) is 1.58. The molecule has 2 heterocycles. The lowest BCUT2D eigenvalue weighted by Gasteiger charge is -2.17. The number of hydrogen-bond acceptors (Lipinski definition) is 5. The van der Waals surface area contributed by atoms with Crippen LogP contribution in [0, 0.1) is 0 Å². The number of carbonyl (C=O) groups is 2. The lowest BCUT2D eigenvalue weighted by molar-refractivity contribution is 0.0640. The molecule has 0 saturated carbocycles. The van der Waals surface area contributed by atoms with Gasteiger partial charge in [0.1, 0.15) is 13.2 Å². The van der Waals surface area contributed by atoms with E-state index in [9.17, 15) is 9.59 Å². The van der Waals surface area contributed by atoms with Crippen LogP contribution in [0.1, 0.15) is 51.4 Å².